The summed E-state index contributed by atoms with van der Waals surface area (Å²) in [6, 6.07) is 0. The number of hydrogen-bond donors (Lipinski definition) is 9. The molecule has 0 aliphatic rings. The molecule has 0 amide bonds. The lowest BCUT2D eigenvalue weighted by molar-refractivity contribution is 0.146. The molecule has 0 aromatic rings. The Morgan fingerprint density at radius 3 is 0.727 bits per heavy atom. The van der Waals surface area contributed by atoms with E-state index in [2.05, 4.69) is 0 Å². The van der Waals surface area contributed by atoms with Crippen LogP contribution in [0.5, 0.6) is 0 Å². The topological polar surface area (TPSA) is 250 Å². The molecule has 0 aromatic carbocycles. The lowest BCUT2D eigenvalue weighted by Crippen LogP contribution is -2.23. The van der Waals surface area contributed by atoms with E-state index < -0.39 is 40.4 Å². The Morgan fingerprint density at radius 2 is 0.727 bits per heavy atom. The van der Waals surface area contributed by atoms with Gasteiger partial charge in [-0.25, -0.2) is 0 Å². The van der Waals surface area contributed by atoms with Crippen LogP contribution >= 0.6 is 30.4 Å². The maximum absolute atomic E-state index is 10.5. The van der Waals surface area contributed by atoms with Crippen molar-refractivity contribution in [2.24, 2.45) is 0 Å². The third-order valence-electron chi connectivity index (χ3n) is 2.53. The van der Waals surface area contributed by atoms with Crippen molar-refractivity contribution in [1.29, 1.82) is 0 Å². The highest BCUT2D eigenvalue weighted by atomic mass is 31.2. The standard InChI is InChI=1S/C3H10O6P2.C2H8O7P2/c1-3(2,10(4,5)6)11(7,8)9;1-2(3,10(4,5)6)11(7,8)9/h1-2H3,(H2,4,5,6)(H2,7,8,9);3H,1H3,(H2,4,5,6)(H2,7,8,9). The van der Waals surface area contributed by atoms with Crippen molar-refractivity contribution in [3.8, 4) is 0 Å². The molecule has 0 aliphatic heterocycles. The normalized spacial score (nSPS) is 15.1. The summed E-state index contributed by atoms with van der Waals surface area (Å²) in [5.41, 5.74) is 0. The molecule has 0 rings (SSSR count). The summed E-state index contributed by atoms with van der Waals surface area (Å²) >= 11 is 0. The molecule has 13 nitrogen and oxygen atoms in total. The van der Waals surface area contributed by atoms with Crippen molar-refractivity contribution in [2.75, 3.05) is 0 Å². The summed E-state index contributed by atoms with van der Waals surface area (Å²) in [5.74, 6) is 0. The van der Waals surface area contributed by atoms with Crippen LogP contribution in [-0.2, 0) is 18.3 Å². The highest BCUT2D eigenvalue weighted by Crippen LogP contribution is 2.68. The van der Waals surface area contributed by atoms with E-state index in [1.165, 1.54) is 0 Å². The molecule has 17 heteroatoms. The Labute approximate surface area is 124 Å². The molecule has 9 N–H and O–H groups in total. The molecular formula is C5H18O13P4. The van der Waals surface area contributed by atoms with Crippen molar-refractivity contribution >= 4 is 30.4 Å². The quantitative estimate of drug-likeness (QED) is 0.255. The van der Waals surface area contributed by atoms with Crippen LogP contribution in [0.1, 0.15) is 20.8 Å². The SMILES string of the molecule is CC(C)(P(=O)(O)O)P(=O)(O)O.CC(O)(P(=O)(O)O)P(=O)(O)O. The third kappa shape index (κ3) is 5.89. The van der Waals surface area contributed by atoms with E-state index in [0.29, 0.717) is 6.92 Å². The van der Waals surface area contributed by atoms with Crippen molar-refractivity contribution in [2.45, 2.75) is 30.8 Å². The average molecular weight is 410 g/mol. The van der Waals surface area contributed by atoms with Gasteiger partial charge in [0, 0.05) is 0 Å². The van der Waals surface area contributed by atoms with Crippen molar-refractivity contribution in [3.05, 3.63) is 0 Å². The first-order chi connectivity index (χ1) is 9.00. The van der Waals surface area contributed by atoms with Gasteiger partial charge < -0.3 is 44.3 Å². The molecule has 0 unspecified atom stereocenters. The molecule has 0 aliphatic carbocycles. The molecule has 0 heterocycles. The first-order valence-electron chi connectivity index (χ1n) is 4.95. The Balaban J connectivity index is 0. The molecule has 22 heavy (non-hydrogen) atoms. The fourth-order valence-corrected chi connectivity index (χ4v) is 3.05. The van der Waals surface area contributed by atoms with Crippen molar-refractivity contribution < 1.29 is 62.5 Å². The van der Waals surface area contributed by atoms with Crippen LogP contribution in [0.3, 0.4) is 0 Å². The molecule has 0 spiro atoms. The first kappa shape index (κ1) is 24.8. The van der Waals surface area contributed by atoms with Crippen LogP contribution < -0.4 is 0 Å². The van der Waals surface area contributed by atoms with Gasteiger partial charge in [0.1, 0.15) is 0 Å². The molecule has 0 fully saturated rings. The zero-order chi connectivity index (χ0) is 19.0. The lowest BCUT2D eigenvalue weighted by Gasteiger charge is -2.25. The smallest absolute Gasteiger partial charge is 0.368 e. The minimum absolute atomic E-state index is 0.383. The van der Waals surface area contributed by atoms with E-state index in [4.69, 9.17) is 44.3 Å². The first-order valence-corrected chi connectivity index (χ1v) is 11.4. The van der Waals surface area contributed by atoms with Gasteiger partial charge in [-0.3, -0.25) is 18.3 Å². The number of hydrogen-bond acceptors (Lipinski definition) is 5. The van der Waals surface area contributed by atoms with Gasteiger partial charge in [-0.1, -0.05) is 0 Å². The predicted molar refractivity (Wildman–Crippen MR) is 72.9 cm³/mol. The maximum Gasteiger partial charge on any atom is 0.369 e. The molecule has 0 radical (unpaired) electrons. The van der Waals surface area contributed by atoms with Crippen LogP contribution in [0.4, 0.5) is 0 Å². The van der Waals surface area contributed by atoms with Gasteiger partial charge in [0.15, 0.2) is 4.90 Å². The summed E-state index contributed by atoms with van der Waals surface area (Å²) in [4.78, 5) is 64.7. The largest absolute Gasteiger partial charge is 0.369 e. The van der Waals surface area contributed by atoms with E-state index in [-0.39, 0.29) is 0 Å². The zero-order valence-electron chi connectivity index (χ0n) is 11.4. The Bertz CT molecular complexity index is 467. The molecule has 0 saturated heterocycles. The highest BCUT2D eigenvalue weighted by Gasteiger charge is 2.55. The Hall–Kier alpha value is 0.560. The fraction of sp³-hybridized carbons (Fsp3) is 1.00. The molecule has 0 atom stereocenters. The summed E-state index contributed by atoms with van der Waals surface area (Å²) in [5, 5.41) is 5.37. The van der Waals surface area contributed by atoms with E-state index in [9.17, 15) is 18.3 Å². The van der Waals surface area contributed by atoms with Crippen molar-refractivity contribution in [1.82, 2.24) is 0 Å². The van der Waals surface area contributed by atoms with E-state index in [0.717, 1.165) is 13.8 Å². The summed E-state index contributed by atoms with van der Waals surface area (Å²) in [7, 11) is -19.9. The second-order valence-corrected chi connectivity index (χ2v) is 13.7. The molecular weight excluding hydrogens is 392 g/mol. The van der Waals surface area contributed by atoms with E-state index >= 15 is 0 Å². The van der Waals surface area contributed by atoms with E-state index in [1.54, 1.807) is 0 Å². The van der Waals surface area contributed by atoms with Crippen LogP contribution in [-0.4, -0.2) is 54.2 Å². The Morgan fingerprint density at radius 1 is 0.545 bits per heavy atom. The van der Waals surface area contributed by atoms with Crippen LogP contribution in [0.25, 0.3) is 0 Å². The Kier molecular flexibility index (Phi) is 7.69. The fourth-order valence-electron chi connectivity index (χ4n) is 0.339. The van der Waals surface area contributed by atoms with Crippen LogP contribution in [0.15, 0.2) is 0 Å². The van der Waals surface area contributed by atoms with Gasteiger partial charge in [0.25, 0.3) is 5.08 Å². The minimum Gasteiger partial charge on any atom is -0.368 e. The zero-order valence-corrected chi connectivity index (χ0v) is 15.0. The van der Waals surface area contributed by atoms with Crippen molar-refractivity contribution in [3.63, 3.8) is 0 Å². The molecule has 0 aromatic heterocycles. The maximum atomic E-state index is 10.5. The van der Waals surface area contributed by atoms with Crippen LogP contribution in [0.2, 0.25) is 0 Å². The van der Waals surface area contributed by atoms with Gasteiger partial charge in [-0.05, 0) is 20.8 Å². The summed E-state index contributed by atoms with van der Waals surface area (Å²) in [6.45, 7) is 2.04. The van der Waals surface area contributed by atoms with E-state index in [1.807, 2.05) is 0 Å². The number of aliphatic hydroxyl groups is 1. The minimum atomic E-state index is -5.20. The second-order valence-electron chi connectivity index (χ2n) is 4.64. The lowest BCUT2D eigenvalue weighted by atomic mass is 10.5. The monoisotopic (exact) mass is 410 g/mol. The van der Waals surface area contributed by atoms with Gasteiger partial charge in [0.2, 0.25) is 0 Å². The predicted octanol–water partition coefficient (Wildman–Crippen LogP) is -0.914. The highest BCUT2D eigenvalue weighted by molar-refractivity contribution is 7.72. The summed E-state index contributed by atoms with van der Waals surface area (Å²) in [6.07, 6.45) is 0. The third-order valence-corrected chi connectivity index (χ3v) is 10.7. The van der Waals surface area contributed by atoms with Gasteiger partial charge in [-0.15, -0.1) is 0 Å². The van der Waals surface area contributed by atoms with Gasteiger partial charge in [0.05, 0.1) is 0 Å². The van der Waals surface area contributed by atoms with Gasteiger partial charge in [-0.2, -0.15) is 0 Å². The molecule has 0 saturated carbocycles. The average Bonchev–Trinajstić information content (AvgIpc) is 2.10. The number of rotatable bonds is 4. The second kappa shape index (κ2) is 6.82. The van der Waals surface area contributed by atoms with Gasteiger partial charge >= 0.3 is 30.4 Å². The van der Waals surface area contributed by atoms with Crippen LogP contribution in [0, 0.1) is 0 Å². The molecule has 0 bridgehead atoms. The summed E-state index contributed by atoms with van der Waals surface area (Å²) < 4.78 is 41.5. The molecule has 136 valence electrons.